The Morgan fingerprint density at radius 2 is 2.12 bits per heavy atom. The number of ether oxygens (including phenoxy) is 1. The van der Waals surface area contributed by atoms with Crippen molar-refractivity contribution in [3.05, 3.63) is 23.0 Å². The highest BCUT2D eigenvalue weighted by Crippen LogP contribution is 2.53. The van der Waals surface area contributed by atoms with Crippen LogP contribution in [0.3, 0.4) is 0 Å². The van der Waals surface area contributed by atoms with E-state index in [9.17, 15) is 5.11 Å². The van der Waals surface area contributed by atoms with Gasteiger partial charge in [0.1, 0.15) is 5.76 Å². The molecule has 2 aliphatic rings. The smallest absolute Gasteiger partial charge is 0.102 e. The SMILES string of the molecule is CC1=CC(C)C2(CO)COC(=C(C)C)C1C2C. The van der Waals surface area contributed by atoms with Gasteiger partial charge in [-0.15, -0.1) is 0 Å². The van der Waals surface area contributed by atoms with Crippen LogP contribution in [0.2, 0.25) is 0 Å². The molecule has 0 aromatic rings. The Hall–Kier alpha value is -0.760. The summed E-state index contributed by atoms with van der Waals surface area (Å²) in [5, 5.41) is 9.82. The second-order valence-electron chi connectivity index (χ2n) is 6.01. The predicted molar refractivity (Wildman–Crippen MR) is 69.4 cm³/mol. The molecule has 4 unspecified atom stereocenters. The number of rotatable bonds is 1. The summed E-state index contributed by atoms with van der Waals surface area (Å²) in [5.74, 6) is 2.32. The third-order valence-electron chi connectivity index (χ3n) is 4.88. The van der Waals surface area contributed by atoms with E-state index in [0.717, 1.165) is 5.76 Å². The number of aliphatic hydroxyl groups excluding tert-OH is 1. The molecule has 2 rings (SSSR count). The summed E-state index contributed by atoms with van der Waals surface area (Å²) >= 11 is 0. The van der Waals surface area contributed by atoms with Gasteiger partial charge in [-0.1, -0.05) is 25.5 Å². The molecule has 1 aliphatic heterocycles. The quantitative estimate of drug-likeness (QED) is 0.709. The Balaban J connectivity index is 2.52. The minimum Gasteiger partial charge on any atom is -0.497 e. The summed E-state index contributed by atoms with van der Waals surface area (Å²) in [5.41, 5.74) is 2.56. The number of hydrogen-bond acceptors (Lipinski definition) is 2. The molecule has 0 saturated carbocycles. The second-order valence-corrected chi connectivity index (χ2v) is 6.01. The van der Waals surface area contributed by atoms with Crippen LogP contribution in [0.1, 0.15) is 34.6 Å². The molecule has 1 fully saturated rings. The van der Waals surface area contributed by atoms with Crippen LogP contribution in [0.15, 0.2) is 23.0 Å². The zero-order chi connectivity index (χ0) is 12.8. The molecule has 1 saturated heterocycles. The molecule has 1 aliphatic carbocycles. The Morgan fingerprint density at radius 3 is 2.65 bits per heavy atom. The van der Waals surface area contributed by atoms with Crippen molar-refractivity contribution in [3.8, 4) is 0 Å². The topological polar surface area (TPSA) is 29.5 Å². The molecule has 96 valence electrons. The third kappa shape index (κ3) is 1.65. The Labute approximate surface area is 104 Å². The number of allylic oxidation sites excluding steroid dienone is 3. The average Bonchev–Trinajstić information content (AvgIpc) is 2.26. The number of aliphatic hydroxyl groups is 1. The largest absolute Gasteiger partial charge is 0.497 e. The first-order valence-corrected chi connectivity index (χ1v) is 6.53. The second kappa shape index (κ2) is 4.16. The molecule has 2 heteroatoms. The zero-order valence-corrected chi connectivity index (χ0v) is 11.6. The molecule has 2 nitrogen and oxygen atoms in total. The van der Waals surface area contributed by atoms with E-state index in [1.807, 2.05) is 0 Å². The molecule has 0 spiro atoms. The molecule has 4 atom stereocenters. The molecular formula is C15H24O2. The maximum atomic E-state index is 9.82. The first-order chi connectivity index (χ1) is 7.94. The molecule has 1 N–H and O–H groups in total. The van der Waals surface area contributed by atoms with E-state index >= 15 is 0 Å². The fourth-order valence-electron chi connectivity index (χ4n) is 3.59. The van der Waals surface area contributed by atoms with Crippen molar-refractivity contribution < 1.29 is 9.84 Å². The van der Waals surface area contributed by atoms with E-state index in [0.29, 0.717) is 24.4 Å². The summed E-state index contributed by atoms with van der Waals surface area (Å²) in [7, 11) is 0. The van der Waals surface area contributed by atoms with E-state index in [-0.39, 0.29) is 12.0 Å². The van der Waals surface area contributed by atoms with Crippen LogP contribution >= 0.6 is 0 Å². The molecule has 1 heterocycles. The lowest BCUT2D eigenvalue weighted by atomic mass is 9.57. The fraction of sp³-hybridized carbons (Fsp3) is 0.733. The summed E-state index contributed by atoms with van der Waals surface area (Å²) in [6.07, 6.45) is 2.33. The summed E-state index contributed by atoms with van der Waals surface area (Å²) < 4.78 is 5.99. The monoisotopic (exact) mass is 236 g/mol. The molecule has 17 heavy (non-hydrogen) atoms. The zero-order valence-electron chi connectivity index (χ0n) is 11.6. The van der Waals surface area contributed by atoms with Crippen molar-refractivity contribution in [1.29, 1.82) is 0 Å². The summed E-state index contributed by atoms with van der Waals surface area (Å²) in [6.45, 7) is 11.7. The van der Waals surface area contributed by atoms with E-state index in [4.69, 9.17) is 4.74 Å². The first-order valence-electron chi connectivity index (χ1n) is 6.53. The Kier molecular flexibility index (Phi) is 3.11. The maximum absolute atomic E-state index is 9.82. The first kappa shape index (κ1) is 12.7. The van der Waals surface area contributed by atoms with Crippen LogP contribution in [-0.2, 0) is 4.74 Å². The van der Waals surface area contributed by atoms with E-state index in [1.165, 1.54) is 11.1 Å². The van der Waals surface area contributed by atoms with Crippen molar-refractivity contribution in [1.82, 2.24) is 0 Å². The highest BCUT2D eigenvalue weighted by molar-refractivity contribution is 5.29. The third-order valence-corrected chi connectivity index (χ3v) is 4.88. The van der Waals surface area contributed by atoms with Crippen LogP contribution in [-0.4, -0.2) is 18.3 Å². The van der Waals surface area contributed by atoms with Gasteiger partial charge in [-0.25, -0.2) is 0 Å². The highest BCUT2D eigenvalue weighted by Gasteiger charge is 2.52. The van der Waals surface area contributed by atoms with Gasteiger partial charge < -0.3 is 9.84 Å². The number of fused-ring (bicyclic) bond motifs is 2. The predicted octanol–water partition coefficient (Wildman–Crippen LogP) is 3.14. The van der Waals surface area contributed by atoms with Gasteiger partial charge in [-0.2, -0.15) is 0 Å². The lowest BCUT2D eigenvalue weighted by molar-refractivity contribution is -0.0933. The van der Waals surface area contributed by atoms with Gasteiger partial charge >= 0.3 is 0 Å². The van der Waals surface area contributed by atoms with Crippen LogP contribution in [0, 0.1) is 23.2 Å². The van der Waals surface area contributed by atoms with Crippen LogP contribution in [0.5, 0.6) is 0 Å². The van der Waals surface area contributed by atoms with E-state index < -0.39 is 0 Å². The van der Waals surface area contributed by atoms with Crippen LogP contribution in [0.25, 0.3) is 0 Å². The highest BCUT2D eigenvalue weighted by atomic mass is 16.5. The Bertz CT molecular complexity index is 376. The van der Waals surface area contributed by atoms with E-state index in [2.05, 4.69) is 40.7 Å². The summed E-state index contributed by atoms with van der Waals surface area (Å²) in [6, 6.07) is 0. The standard InChI is InChI=1S/C15H24O2/c1-9(2)14-13-10(3)6-11(4)15(7-16,8-17-14)12(13)5/h6,11-13,16H,7-8H2,1-5H3. The molecule has 0 radical (unpaired) electrons. The molecule has 2 bridgehead atoms. The molecular weight excluding hydrogens is 212 g/mol. The van der Waals surface area contributed by atoms with Gasteiger partial charge in [-0.05, 0) is 38.2 Å². The lowest BCUT2D eigenvalue weighted by Crippen LogP contribution is -2.52. The van der Waals surface area contributed by atoms with Gasteiger partial charge in [0.05, 0.1) is 13.2 Å². The van der Waals surface area contributed by atoms with Crippen molar-refractivity contribution >= 4 is 0 Å². The van der Waals surface area contributed by atoms with Crippen molar-refractivity contribution in [2.45, 2.75) is 34.6 Å². The fourth-order valence-corrected chi connectivity index (χ4v) is 3.59. The van der Waals surface area contributed by atoms with Crippen molar-refractivity contribution in [2.75, 3.05) is 13.2 Å². The minimum absolute atomic E-state index is 0.0941. The molecule has 0 aromatic carbocycles. The van der Waals surface area contributed by atoms with Gasteiger partial charge in [0.2, 0.25) is 0 Å². The van der Waals surface area contributed by atoms with Gasteiger partial charge in [0, 0.05) is 11.3 Å². The van der Waals surface area contributed by atoms with Crippen LogP contribution < -0.4 is 0 Å². The summed E-state index contributed by atoms with van der Waals surface area (Å²) in [4.78, 5) is 0. The minimum atomic E-state index is -0.0941. The lowest BCUT2D eigenvalue weighted by Gasteiger charge is -2.53. The molecule has 0 amide bonds. The Morgan fingerprint density at radius 1 is 1.47 bits per heavy atom. The van der Waals surface area contributed by atoms with Crippen molar-refractivity contribution in [2.24, 2.45) is 23.2 Å². The van der Waals surface area contributed by atoms with E-state index in [1.54, 1.807) is 0 Å². The average molecular weight is 236 g/mol. The van der Waals surface area contributed by atoms with Gasteiger partial charge in [0.15, 0.2) is 0 Å². The van der Waals surface area contributed by atoms with Gasteiger partial charge in [0.25, 0.3) is 0 Å². The maximum Gasteiger partial charge on any atom is 0.102 e. The van der Waals surface area contributed by atoms with Crippen LogP contribution in [0.4, 0.5) is 0 Å². The normalized spacial score (nSPS) is 40.7. The van der Waals surface area contributed by atoms with Crippen molar-refractivity contribution in [3.63, 3.8) is 0 Å². The molecule has 0 aromatic heterocycles. The van der Waals surface area contributed by atoms with Gasteiger partial charge in [-0.3, -0.25) is 0 Å². The number of hydrogen-bond donors (Lipinski definition) is 1.